The third-order valence-electron chi connectivity index (χ3n) is 7.09. The molecule has 2 heterocycles. The Hall–Kier alpha value is -3.51. The minimum atomic E-state index is -0.610. The van der Waals surface area contributed by atoms with Crippen molar-refractivity contribution in [2.24, 2.45) is 9.98 Å². The number of fused-ring (bicyclic) bond motifs is 2. The highest BCUT2D eigenvalue weighted by atomic mass is 35.5. The van der Waals surface area contributed by atoms with Gasteiger partial charge in [0, 0.05) is 40.3 Å². The van der Waals surface area contributed by atoms with E-state index < -0.39 is 11.2 Å². The molecule has 8 heteroatoms. The van der Waals surface area contributed by atoms with Crippen LogP contribution >= 0.6 is 35.6 Å². The molecule has 4 aromatic carbocycles. The molecule has 41 heavy (non-hydrogen) atoms. The number of nitrogens with zero attached hydrogens (tertiary/aromatic N) is 2. The zero-order valence-electron chi connectivity index (χ0n) is 23.3. The van der Waals surface area contributed by atoms with Crippen molar-refractivity contribution in [3.05, 3.63) is 129 Å². The Morgan fingerprint density at radius 2 is 1.29 bits per heavy atom. The molecule has 0 fully saturated rings. The van der Waals surface area contributed by atoms with E-state index in [-0.39, 0.29) is 12.4 Å². The minimum Gasteiger partial charge on any atom is -0.465 e. The molecule has 0 amide bonds. The van der Waals surface area contributed by atoms with E-state index in [1.54, 1.807) is 0 Å². The molecule has 0 aliphatic carbocycles. The molecule has 6 rings (SSSR count). The van der Waals surface area contributed by atoms with Gasteiger partial charge in [0.15, 0.2) is 17.1 Å². The van der Waals surface area contributed by atoms with E-state index >= 15 is 0 Å². The number of hydrogen-bond acceptors (Lipinski definition) is 4. The fraction of sp³-hybridized carbons (Fsp3) is 0.212. The molecule has 1 N–H and O–H groups in total. The van der Waals surface area contributed by atoms with Crippen LogP contribution in [0.5, 0.6) is 0 Å². The topological polar surface area (TPSA) is 55.2 Å². The van der Waals surface area contributed by atoms with Crippen molar-refractivity contribution < 1.29 is 9.47 Å². The number of aliphatic imine (C=N–C) groups is 2. The highest BCUT2D eigenvalue weighted by Crippen LogP contribution is 2.44. The Morgan fingerprint density at radius 3 is 1.88 bits per heavy atom. The minimum absolute atomic E-state index is 0. The first-order valence-corrected chi connectivity index (χ1v) is 13.9. The van der Waals surface area contributed by atoms with Crippen LogP contribution in [0.15, 0.2) is 107 Å². The summed E-state index contributed by atoms with van der Waals surface area (Å²) >= 11 is 12.3. The predicted octanol–water partition coefficient (Wildman–Crippen LogP) is 9.53. The highest BCUT2D eigenvalue weighted by molar-refractivity contribution is 6.31. The summed E-state index contributed by atoms with van der Waals surface area (Å²) in [5.41, 5.74) is 4.90. The number of halogens is 3. The molecule has 0 saturated heterocycles. The monoisotopic (exact) mass is 607 g/mol. The predicted molar refractivity (Wildman–Crippen MR) is 172 cm³/mol. The van der Waals surface area contributed by atoms with Crippen LogP contribution in [0.1, 0.15) is 49.9 Å². The van der Waals surface area contributed by atoms with Gasteiger partial charge in [-0.3, -0.25) is 0 Å². The molecule has 0 radical (unpaired) electrons. The van der Waals surface area contributed by atoms with Gasteiger partial charge in [0.2, 0.25) is 0 Å². The van der Waals surface area contributed by atoms with E-state index in [1.165, 1.54) is 0 Å². The maximum absolute atomic E-state index is 6.18. The summed E-state index contributed by atoms with van der Waals surface area (Å²) in [6.07, 6.45) is 0. The lowest BCUT2D eigenvalue weighted by Crippen LogP contribution is -2.39. The van der Waals surface area contributed by atoms with Gasteiger partial charge in [0.1, 0.15) is 0 Å². The van der Waals surface area contributed by atoms with Crippen LogP contribution in [0.25, 0.3) is 0 Å². The van der Waals surface area contributed by atoms with Crippen LogP contribution < -0.4 is 5.32 Å². The second kappa shape index (κ2) is 12.6. The summed E-state index contributed by atoms with van der Waals surface area (Å²) in [5.74, 6) is 0.668. The third kappa shape index (κ3) is 6.23. The summed E-state index contributed by atoms with van der Waals surface area (Å²) in [7, 11) is 0. The standard InChI is InChI=1S/C17H17ClN2O.C16H14ClNO.ClH/c1-3-19-16-20-15-10-9-13(18)11-14(15)17(2,21-16)12-7-5-4-6-8-12;1-11-18-15-9-8-13(17)10-14(15)16(2,19-11)12-6-4-3-5-7-12;/h4-11H,3H2,1-2H3,(H,19,20);3-10H,1-2H3;1H. The van der Waals surface area contributed by atoms with Gasteiger partial charge in [-0.25, -0.2) is 9.98 Å². The molecule has 2 atom stereocenters. The zero-order valence-corrected chi connectivity index (χ0v) is 25.6. The second-order valence-electron chi connectivity index (χ2n) is 9.89. The maximum atomic E-state index is 6.18. The number of hydrogen-bond donors (Lipinski definition) is 1. The first-order chi connectivity index (χ1) is 19.2. The number of amidine groups is 1. The summed E-state index contributed by atoms with van der Waals surface area (Å²) in [4.78, 5) is 8.82. The number of rotatable bonds is 3. The van der Waals surface area contributed by atoms with Crippen molar-refractivity contribution in [1.82, 2.24) is 0 Å². The molecule has 2 aliphatic rings. The van der Waals surface area contributed by atoms with Crippen LogP contribution in [0.2, 0.25) is 10.0 Å². The van der Waals surface area contributed by atoms with Gasteiger partial charge in [-0.15, -0.1) is 12.4 Å². The van der Waals surface area contributed by atoms with Gasteiger partial charge in [-0.05, 0) is 68.3 Å². The fourth-order valence-electron chi connectivity index (χ4n) is 5.10. The van der Waals surface area contributed by atoms with Crippen molar-refractivity contribution in [3.63, 3.8) is 0 Å². The number of anilines is 1. The van der Waals surface area contributed by atoms with E-state index in [1.807, 2.05) is 93.6 Å². The number of nitrogens with one attached hydrogen (secondary N) is 1. The molecule has 4 aromatic rings. The van der Waals surface area contributed by atoms with E-state index in [9.17, 15) is 0 Å². The molecular weight excluding hydrogens is 577 g/mol. The van der Waals surface area contributed by atoms with E-state index in [2.05, 4.69) is 46.5 Å². The Bertz CT molecular complexity index is 1580. The average Bonchev–Trinajstić information content (AvgIpc) is 2.95. The summed E-state index contributed by atoms with van der Waals surface area (Å²) < 4.78 is 12.2. The Kier molecular flexibility index (Phi) is 9.33. The second-order valence-corrected chi connectivity index (χ2v) is 10.8. The summed E-state index contributed by atoms with van der Waals surface area (Å²) in [6.45, 7) is 8.61. The fourth-order valence-corrected chi connectivity index (χ4v) is 5.44. The Labute approximate surface area is 257 Å². The van der Waals surface area contributed by atoms with E-state index in [4.69, 9.17) is 32.7 Å². The quantitative estimate of drug-likeness (QED) is 0.252. The lowest BCUT2D eigenvalue weighted by Gasteiger charge is -2.38. The van der Waals surface area contributed by atoms with Gasteiger partial charge in [0.05, 0.1) is 5.69 Å². The molecule has 2 unspecified atom stereocenters. The van der Waals surface area contributed by atoms with Gasteiger partial charge >= 0.3 is 0 Å². The first kappa shape index (κ1) is 30.4. The van der Waals surface area contributed by atoms with Crippen LogP contribution in [-0.2, 0) is 20.7 Å². The lowest BCUT2D eigenvalue weighted by molar-refractivity contribution is 0.112. The van der Waals surface area contributed by atoms with Crippen LogP contribution in [-0.4, -0.2) is 18.5 Å². The van der Waals surface area contributed by atoms with Gasteiger partial charge in [-0.1, -0.05) is 83.9 Å². The van der Waals surface area contributed by atoms with E-state index in [0.717, 1.165) is 33.6 Å². The number of ether oxygens (including phenoxy) is 2. The van der Waals surface area contributed by atoms with Crippen LogP contribution in [0, 0.1) is 0 Å². The normalized spacial score (nSPS) is 21.3. The molecule has 0 saturated carbocycles. The molecule has 2 aliphatic heterocycles. The first-order valence-electron chi connectivity index (χ1n) is 13.2. The SMILES string of the molecule is CC1=Nc2ccc(Cl)cc2C(C)(c2ccccc2)O1.CCN=C1Nc2ccc(Cl)cc2C(C)(c2ccccc2)O1.Cl. The van der Waals surface area contributed by atoms with Crippen molar-refractivity contribution in [2.45, 2.75) is 38.9 Å². The average molecular weight is 609 g/mol. The summed E-state index contributed by atoms with van der Waals surface area (Å²) in [6, 6.07) is 32.3. The van der Waals surface area contributed by atoms with Crippen molar-refractivity contribution in [2.75, 3.05) is 11.9 Å². The van der Waals surface area contributed by atoms with Crippen molar-refractivity contribution in [1.29, 1.82) is 0 Å². The zero-order chi connectivity index (χ0) is 28.3. The molecule has 212 valence electrons. The largest absolute Gasteiger partial charge is 0.465 e. The summed E-state index contributed by atoms with van der Waals surface area (Å²) in [5, 5.41) is 4.60. The maximum Gasteiger partial charge on any atom is 0.290 e. The van der Waals surface area contributed by atoms with Crippen LogP contribution in [0.4, 0.5) is 11.4 Å². The van der Waals surface area contributed by atoms with Crippen molar-refractivity contribution in [3.8, 4) is 0 Å². The van der Waals surface area contributed by atoms with Crippen molar-refractivity contribution >= 4 is 58.9 Å². The molecule has 0 spiro atoms. The molecule has 5 nitrogen and oxygen atoms in total. The Balaban J connectivity index is 0.000000185. The van der Waals surface area contributed by atoms with Crippen LogP contribution in [0.3, 0.4) is 0 Å². The van der Waals surface area contributed by atoms with E-state index in [0.29, 0.717) is 28.5 Å². The number of benzene rings is 4. The lowest BCUT2D eigenvalue weighted by atomic mass is 9.86. The smallest absolute Gasteiger partial charge is 0.290 e. The van der Waals surface area contributed by atoms with Gasteiger partial charge < -0.3 is 14.8 Å². The third-order valence-corrected chi connectivity index (χ3v) is 7.56. The van der Waals surface area contributed by atoms with Gasteiger partial charge in [-0.2, -0.15) is 0 Å². The molecule has 0 aromatic heterocycles. The Morgan fingerprint density at radius 1 is 0.756 bits per heavy atom. The molecule has 0 bridgehead atoms. The highest BCUT2D eigenvalue weighted by Gasteiger charge is 2.39. The van der Waals surface area contributed by atoms with Gasteiger partial charge in [0.25, 0.3) is 6.02 Å². The molecular formula is C33H32Cl3N3O2.